The first-order valence-corrected chi connectivity index (χ1v) is 10.9. The van der Waals surface area contributed by atoms with Gasteiger partial charge in [0, 0.05) is 26.1 Å². The third-order valence-electron chi connectivity index (χ3n) is 5.61. The molecule has 1 aromatic heterocycles. The standard InChI is InChI=1S/C27H30N4O/c1-27(2,3)20-13-11-19(12-14-20)26(32)30-23-16-21-22(17-24(23)31(4)5)29-25(28-21)15-18-9-7-6-8-10-18/h6-14,16-17H,15H2,1-5H3,(H,28,29)(H,30,32). The van der Waals surface area contributed by atoms with Crippen LogP contribution in [0.15, 0.2) is 66.7 Å². The van der Waals surface area contributed by atoms with Gasteiger partial charge in [0.1, 0.15) is 5.82 Å². The zero-order valence-electron chi connectivity index (χ0n) is 19.4. The number of carbonyl (C=O) groups is 1. The summed E-state index contributed by atoms with van der Waals surface area (Å²) in [6, 6.07) is 22.1. The second kappa shape index (κ2) is 8.50. The Hall–Kier alpha value is -3.60. The molecule has 3 aromatic carbocycles. The number of aromatic amines is 1. The van der Waals surface area contributed by atoms with Crippen molar-refractivity contribution in [1.29, 1.82) is 0 Å². The number of aromatic nitrogens is 2. The molecule has 0 aliphatic rings. The van der Waals surface area contributed by atoms with E-state index in [9.17, 15) is 4.79 Å². The van der Waals surface area contributed by atoms with Gasteiger partial charge >= 0.3 is 0 Å². The van der Waals surface area contributed by atoms with Gasteiger partial charge in [0.15, 0.2) is 0 Å². The van der Waals surface area contributed by atoms with Gasteiger partial charge in [-0.25, -0.2) is 4.98 Å². The molecule has 2 N–H and O–H groups in total. The van der Waals surface area contributed by atoms with Crippen molar-refractivity contribution in [2.75, 3.05) is 24.3 Å². The second-order valence-electron chi connectivity index (χ2n) is 9.41. The summed E-state index contributed by atoms with van der Waals surface area (Å²) in [6.07, 6.45) is 0.731. The predicted molar refractivity (Wildman–Crippen MR) is 133 cm³/mol. The smallest absolute Gasteiger partial charge is 0.255 e. The summed E-state index contributed by atoms with van der Waals surface area (Å²) in [5.41, 5.74) is 6.54. The number of carbonyl (C=O) groups excluding carboxylic acids is 1. The quantitative estimate of drug-likeness (QED) is 0.426. The Morgan fingerprint density at radius 2 is 1.69 bits per heavy atom. The molecule has 164 valence electrons. The van der Waals surface area contributed by atoms with Gasteiger partial charge in [-0.2, -0.15) is 0 Å². The van der Waals surface area contributed by atoms with Gasteiger partial charge in [0.25, 0.3) is 5.91 Å². The Balaban J connectivity index is 1.62. The number of nitrogens with zero attached hydrogens (tertiary/aromatic N) is 2. The maximum Gasteiger partial charge on any atom is 0.255 e. The van der Waals surface area contributed by atoms with Gasteiger partial charge in [0.2, 0.25) is 0 Å². The predicted octanol–water partition coefficient (Wildman–Crippen LogP) is 5.77. The zero-order chi connectivity index (χ0) is 22.9. The molecule has 0 unspecified atom stereocenters. The van der Waals surface area contributed by atoms with Gasteiger partial charge in [-0.1, -0.05) is 63.2 Å². The molecule has 4 rings (SSSR count). The van der Waals surface area contributed by atoms with Crippen LogP contribution in [0.3, 0.4) is 0 Å². The monoisotopic (exact) mass is 426 g/mol. The van der Waals surface area contributed by atoms with E-state index in [0.717, 1.165) is 34.7 Å². The van der Waals surface area contributed by atoms with Crippen molar-refractivity contribution in [3.05, 3.63) is 89.2 Å². The Morgan fingerprint density at radius 3 is 2.31 bits per heavy atom. The highest BCUT2D eigenvalue weighted by atomic mass is 16.1. The van der Waals surface area contributed by atoms with Crippen molar-refractivity contribution in [3.8, 4) is 0 Å². The van der Waals surface area contributed by atoms with Crippen LogP contribution in [0.4, 0.5) is 11.4 Å². The number of benzene rings is 3. The van der Waals surface area contributed by atoms with E-state index < -0.39 is 0 Å². The van der Waals surface area contributed by atoms with E-state index in [-0.39, 0.29) is 11.3 Å². The van der Waals surface area contributed by atoms with E-state index in [4.69, 9.17) is 4.98 Å². The average molecular weight is 427 g/mol. The van der Waals surface area contributed by atoms with Crippen LogP contribution in [0.1, 0.15) is 48.1 Å². The third kappa shape index (κ3) is 4.67. The van der Waals surface area contributed by atoms with Crippen molar-refractivity contribution in [1.82, 2.24) is 9.97 Å². The van der Waals surface area contributed by atoms with Crippen LogP contribution in [0.5, 0.6) is 0 Å². The van der Waals surface area contributed by atoms with Crippen LogP contribution in [-0.2, 0) is 11.8 Å². The fourth-order valence-electron chi connectivity index (χ4n) is 3.76. The minimum atomic E-state index is -0.128. The highest BCUT2D eigenvalue weighted by molar-refractivity contribution is 6.07. The molecule has 0 aliphatic carbocycles. The lowest BCUT2D eigenvalue weighted by atomic mass is 9.87. The van der Waals surface area contributed by atoms with Gasteiger partial charge in [0.05, 0.1) is 22.4 Å². The molecule has 1 amide bonds. The minimum Gasteiger partial charge on any atom is -0.376 e. The number of imidazole rings is 1. The van der Waals surface area contributed by atoms with E-state index >= 15 is 0 Å². The zero-order valence-corrected chi connectivity index (χ0v) is 19.4. The van der Waals surface area contributed by atoms with E-state index in [1.54, 1.807) is 0 Å². The molecule has 5 nitrogen and oxygen atoms in total. The van der Waals surface area contributed by atoms with Crippen LogP contribution in [-0.4, -0.2) is 30.0 Å². The van der Waals surface area contributed by atoms with Crippen LogP contribution in [0, 0.1) is 0 Å². The van der Waals surface area contributed by atoms with Crippen LogP contribution >= 0.6 is 0 Å². The molecule has 0 bridgehead atoms. The summed E-state index contributed by atoms with van der Waals surface area (Å²) in [5, 5.41) is 3.09. The van der Waals surface area contributed by atoms with Crippen LogP contribution in [0.25, 0.3) is 11.0 Å². The Bertz CT molecular complexity index is 1230. The molecule has 4 aromatic rings. The van der Waals surface area contributed by atoms with Crippen LogP contribution < -0.4 is 10.2 Å². The summed E-state index contributed by atoms with van der Waals surface area (Å²) < 4.78 is 0. The van der Waals surface area contributed by atoms with Crippen molar-refractivity contribution >= 4 is 28.3 Å². The number of amides is 1. The molecular formula is C27H30N4O. The molecule has 32 heavy (non-hydrogen) atoms. The number of H-pyrrole nitrogens is 1. The van der Waals surface area contributed by atoms with E-state index in [0.29, 0.717) is 5.56 Å². The normalized spacial score (nSPS) is 11.5. The van der Waals surface area contributed by atoms with E-state index in [1.807, 2.05) is 73.6 Å². The van der Waals surface area contributed by atoms with Gasteiger partial charge in [-0.3, -0.25) is 4.79 Å². The Labute approximate surface area is 189 Å². The molecule has 0 atom stereocenters. The first kappa shape index (κ1) is 21.6. The number of fused-ring (bicyclic) bond motifs is 1. The molecule has 0 fully saturated rings. The molecule has 1 heterocycles. The van der Waals surface area contributed by atoms with Crippen molar-refractivity contribution in [2.45, 2.75) is 32.6 Å². The van der Waals surface area contributed by atoms with Crippen LogP contribution in [0.2, 0.25) is 0 Å². The fourth-order valence-corrected chi connectivity index (χ4v) is 3.76. The molecule has 0 spiro atoms. The lowest BCUT2D eigenvalue weighted by Gasteiger charge is -2.20. The maximum absolute atomic E-state index is 13.0. The second-order valence-corrected chi connectivity index (χ2v) is 9.41. The highest BCUT2D eigenvalue weighted by Gasteiger charge is 2.16. The Kier molecular flexibility index (Phi) is 5.74. The summed E-state index contributed by atoms with van der Waals surface area (Å²) >= 11 is 0. The lowest BCUT2D eigenvalue weighted by molar-refractivity contribution is 0.102. The summed E-state index contributed by atoms with van der Waals surface area (Å²) in [7, 11) is 3.93. The van der Waals surface area contributed by atoms with Crippen molar-refractivity contribution < 1.29 is 4.79 Å². The van der Waals surface area contributed by atoms with Gasteiger partial charge < -0.3 is 15.2 Å². The van der Waals surface area contributed by atoms with Gasteiger partial charge in [-0.05, 0) is 40.8 Å². The number of hydrogen-bond acceptors (Lipinski definition) is 3. The molecular weight excluding hydrogens is 396 g/mol. The summed E-state index contributed by atoms with van der Waals surface area (Å²) in [4.78, 5) is 23.1. The first-order chi connectivity index (χ1) is 15.2. The molecule has 0 radical (unpaired) electrons. The molecule has 0 saturated carbocycles. The van der Waals surface area contributed by atoms with E-state index in [1.165, 1.54) is 11.1 Å². The van der Waals surface area contributed by atoms with Crippen molar-refractivity contribution in [2.24, 2.45) is 0 Å². The maximum atomic E-state index is 13.0. The number of anilines is 2. The number of hydrogen-bond donors (Lipinski definition) is 2. The molecule has 5 heteroatoms. The molecule has 0 saturated heterocycles. The topological polar surface area (TPSA) is 61.0 Å². The summed E-state index contributed by atoms with van der Waals surface area (Å²) in [5.74, 6) is 0.772. The van der Waals surface area contributed by atoms with Gasteiger partial charge in [-0.15, -0.1) is 0 Å². The number of rotatable bonds is 5. The summed E-state index contributed by atoms with van der Waals surface area (Å²) in [6.45, 7) is 6.49. The Morgan fingerprint density at radius 1 is 1.00 bits per heavy atom. The fraction of sp³-hybridized carbons (Fsp3) is 0.259. The average Bonchev–Trinajstić information content (AvgIpc) is 3.14. The van der Waals surface area contributed by atoms with Crippen molar-refractivity contribution in [3.63, 3.8) is 0 Å². The highest BCUT2D eigenvalue weighted by Crippen LogP contribution is 2.30. The largest absolute Gasteiger partial charge is 0.376 e. The SMILES string of the molecule is CN(C)c1cc2nc(Cc3ccccc3)[nH]c2cc1NC(=O)c1ccc(C(C)(C)C)cc1. The minimum absolute atomic E-state index is 0.0518. The lowest BCUT2D eigenvalue weighted by Crippen LogP contribution is -2.17. The number of nitrogens with one attached hydrogen (secondary N) is 2. The first-order valence-electron chi connectivity index (χ1n) is 10.9. The third-order valence-corrected chi connectivity index (χ3v) is 5.61. The van der Waals surface area contributed by atoms with E-state index in [2.05, 4.69) is 43.2 Å². The molecule has 0 aliphatic heterocycles.